The van der Waals surface area contributed by atoms with E-state index < -0.39 is 77.0 Å². The Morgan fingerprint density at radius 1 is 0.769 bits per heavy atom. The van der Waals surface area contributed by atoms with Gasteiger partial charge in [-0.1, -0.05) is 12.1 Å². The Morgan fingerprint density at radius 2 is 1.44 bits per heavy atom. The monoisotopic (exact) mass is 571 g/mol. The molecule has 0 aliphatic carbocycles. The molecular formula is C24H16F11N3O. The first-order chi connectivity index (χ1) is 17.9. The fourth-order valence-corrected chi connectivity index (χ4v) is 3.76. The molecule has 0 fully saturated rings. The third-order valence-electron chi connectivity index (χ3n) is 5.43. The van der Waals surface area contributed by atoms with Crippen LogP contribution in [0.2, 0.25) is 0 Å². The molecular weight excluding hydrogens is 555 g/mol. The topological polar surface area (TPSA) is 54.0 Å². The van der Waals surface area contributed by atoms with Crippen LogP contribution in [0.5, 0.6) is 0 Å². The first kappa shape index (κ1) is 29.6. The van der Waals surface area contributed by atoms with Crippen molar-refractivity contribution in [2.24, 2.45) is 0 Å². The van der Waals surface area contributed by atoms with E-state index in [1.54, 1.807) is 0 Å². The van der Waals surface area contributed by atoms with Crippen LogP contribution in [0, 0.1) is 11.6 Å². The van der Waals surface area contributed by atoms with Gasteiger partial charge in [0.2, 0.25) is 0 Å². The minimum atomic E-state index is -5.32. The lowest BCUT2D eigenvalue weighted by molar-refractivity contribution is -0.140. The SMILES string of the molecule is O=C(NCC(F)(F)F)NC(Cc1ccccn1)(c1cc(F)cc(C(F)(F)F)c1)c1ccc(F)c(C(F)(F)F)c1. The van der Waals surface area contributed by atoms with Crippen molar-refractivity contribution in [1.29, 1.82) is 0 Å². The zero-order valence-corrected chi connectivity index (χ0v) is 19.2. The van der Waals surface area contributed by atoms with Crippen LogP contribution in [0.15, 0.2) is 60.8 Å². The maximum absolute atomic E-state index is 14.5. The molecule has 1 unspecified atom stereocenters. The summed E-state index contributed by atoms with van der Waals surface area (Å²) in [6.45, 7) is -1.92. The fourth-order valence-electron chi connectivity index (χ4n) is 3.76. The van der Waals surface area contributed by atoms with E-state index in [-0.39, 0.29) is 17.8 Å². The Balaban J connectivity index is 2.36. The molecule has 3 aromatic rings. The second kappa shape index (κ2) is 10.7. The largest absolute Gasteiger partial charge is 0.419 e. The van der Waals surface area contributed by atoms with Crippen molar-refractivity contribution in [2.75, 3.05) is 6.54 Å². The van der Waals surface area contributed by atoms with Gasteiger partial charge in [0.1, 0.15) is 18.2 Å². The molecule has 1 aromatic heterocycles. The van der Waals surface area contributed by atoms with E-state index in [4.69, 9.17) is 0 Å². The zero-order chi connectivity index (χ0) is 29.2. The smallest absolute Gasteiger partial charge is 0.329 e. The van der Waals surface area contributed by atoms with Crippen molar-refractivity contribution in [1.82, 2.24) is 15.6 Å². The fraction of sp³-hybridized carbons (Fsp3) is 0.250. The van der Waals surface area contributed by atoms with Crippen molar-refractivity contribution in [3.63, 3.8) is 0 Å². The summed E-state index contributed by atoms with van der Waals surface area (Å²) < 4.78 is 148. The molecule has 2 N–H and O–H groups in total. The maximum atomic E-state index is 14.5. The molecule has 210 valence electrons. The standard InChI is InChI=1S/C24H16F11N3O/c25-16-8-14(7-15(9-16)23(30,31)32)21(11-17-3-1-2-6-36-17,38-20(39)37-12-22(27,28)29)13-4-5-19(26)18(10-13)24(33,34)35/h1-10H,11-12H2,(H2,37,38,39). The lowest BCUT2D eigenvalue weighted by Crippen LogP contribution is -2.53. The summed E-state index contributed by atoms with van der Waals surface area (Å²) in [5.74, 6) is -3.31. The van der Waals surface area contributed by atoms with Gasteiger partial charge >= 0.3 is 24.6 Å². The molecule has 2 aromatic carbocycles. The Hall–Kier alpha value is -3.91. The van der Waals surface area contributed by atoms with E-state index in [1.165, 1.54) is 29.7 Å². The summed E-state index contributed by atoms with van der Waals surface area (Å²) in [6.07, 6.45) is -15.0. The van der Waals surface area contributed by atoms with Gasteiger partial charge in [0.15, 0.2) is 0 Å². The lowest BCUT2D eigenvalue weighted by atomic mass is 9.77. The second-order valence-electron chi connectivity index (χ2n) is 8.24. The highest BCUT2D eigenvalue weighted by atomic mass is 19.4. The van der Waals surface area contributed by atoms with Gasteiger partial charge < -0.3 is 10.6 Å². The van der Waals surface area contributed by atoms with Crippen molar-refractivity contribution in [3.8, 4) is 0 Å². The van der Waals surface area contributed by atoms with E-state index >= 15 is 0 Å². The molecule has 2 amide bonds. The number of amides is 2. The van der Waals surface area contributed by atoms with Crippen LogP contribution in [-0.2, 0) is 24.3 Å². The summed E-state index contributed by atoms with van der Waals surface area (Å²) in [5.41, 5.74) is -7.72. The Bertz CT molecular complexity index is 1320. The Labute approximate surface area is 212 Å². The Morgan fingerprint density at radius 3 is 2.00 bits per heavy atom. The highest BCUT2D eigenvalue weighted by Crippen LogP contribution is 2.40. The van der Waals surface area contributed by atoms with Gasteiger partial charge in [0.05, 0.1) is 16.7 Å². The van der Waals surface area contributed by atoms with E-state index in [0.717, 1.165) is 0 Å². The molecule has 0 bridgehead atoms. The summed E-state index contributed by atoms with van der Waals surface area (Å²) >= 11 is 0. The van der Waals surface area contributed by atoms with Gasteiger partial charge in [0, 0.05) is 18.3 Å². The number of urea groups is 1. The Kier molecular flexibility index (Phi) is 8.13. The average molecular weight is 571 g/mol. The number of carbonyl (C=O) groups excluding carboxylic acids is 1. The molecule has 4 nitrogen and oxygen atoms in total. The van der Waals surface area contributed by atoms with E-state index in [9.17, 15) is 53.1 Å². The minimum absolute atomic E-state index is 0.0740. The van der Waals surface area contributed by atoms with Gasteiger partial charge in [-0.2, -0.15) is 39.5 Å². The van der Waals surface area contributed by atoms with E-state index in [1.807, 2.05) is 5.32 Å². The van der Waals surface area contributed by atoms with Crippen LogP contribution in [-0.4, -0.2) is 23.7 Å². The van der Waals surface area contributed by atoms with E-state index in [0.29, 0.717) is 24.3 Å². The second-order valence-corrected chi connectivity index (χ2v) is 8.24. The number of nitrogens with one attached hydrogen (secondary N) is 2. The first-order valence-electron chi connectivity index (χ1n) is 10.7. The van der Waals surface area contributed by atoms with Crippen LogP contribution in [0.25, 0.3) is 0 Å². The maximum Gasteiger partial charge on any atom is 0.419 e. The normalized spacial score (nSPS) is 14.0. The molecule has 0 spiro atoms. The van der Waals surface area contributed by atoms with Crippen LogP contribution >= 0.6 is 0 Å². The average Bonchev–Trinajstić information content (AvgIpc) is 2.81. The number of halogens is 11. The molecule has 1 heterocycles. The molecule has 0 saturated carbocycles. The number of pyridine rings is 1. The van der Waals surface area contributed by atoms with E-state index in [2.05, 4.69) is 4.98 Å². The number of carbonyl (C=O) groups is 1. The number of alkyl halides is 9. The number of nitrogens with zero attached hydrogens (tertiary/aromatic N) is 1. The summed E-state index contributed by atoms with van der Waals surface area (Å²) in [6, 6.07) is 4.34. The number of benzene rings is 2. The molecule has 0 saturated heterocycles. The van der Waals surface area contributed by atoms with Crippen LogP contribution < -0.4 is 10.6 Å². The van der Waals surface area contributed by atoms with Crippen LogP contribution in [0.4, 0.5) is 53.1 Å². The summed E-state index contributed by atoms with van der Waals surface area (Å²) in [7, 11) is 0. The highest BCUT2D eigenvalue weighted by molar-refractivity contribution is 5.76. The molecule has 1 atom stereocenters. The number of hydrogen-bond acceptors (Lipinski definition) is 2. The number of rotatable bonds is 6. The van der Waals surface area contributed by atoms with Gasteiger partial charge in [-0.3, -0.25) is 4.98 Å². The lowest BCUT2D eigenvalue weighted by Gasteiger charge is -2.37. The predicted molar refractivity (Wildman–Crippen MR) is 114 cm³/mol. The summed E-state index contributed by atoms with van der Waals surface area (Å²) in [4.78, 5) is 16.5. The molecule has 39 heavy (non-hydrogen) atoms. The van der Waals surface area contributed by atoms with Gasteiger partial charge in [0.25, 0.3) is 0 Å². The quantitative estimate of drug-likeness (QED) is 0.322. The third kappa shape index (κ3) is 7.35. The van der Waals surface area contributed by atoms with Gasteiger partial charge in [-0.25, -0.2) is 13.6 Å². The molecule has 0 aliphatic heterocycles. The minimum Gasteiger partial charge on any atom is -0.329 e. The highest BCUT2D eigenvalue weighted by Gasteiger charge is 2.43. The number of hydrogen-bond donors (Lipinski definition) is 2. The zero-order valence-electron chi connectivity index (χ0n) is 19.2. The molecule has 0 aliphatic rings. The van der Waals surface area contributed by atoms with Crippen LogP contribution in [0.3, 0.4) is 0 Å². The van der Waals surface area contributed by atoms with Gasteiger partial charge in [-0.15, -0.1) is 0 Å². The molecule has 0 radical (unpaired) electrons. The van der Waals surface area contributed by atoms with Crippen molar-refractivity contribution < 1.29 is 53.1 Å². The third-order valence-corrected chi connectivity index (χ3v) is 5.43. The molecule has 15 heteroatoms. The van der Waals surface area contributed by atoms with Gasteiger partial charge in [-0.05, 0) is 53.6 Å². The predicted octanol–water partition coefficient (Wildman–Crippen LogP) is 6.75. The summed E-state index contributed by atoms with van der Waals surface area (Å²) in [5, 5.41) is 3.39. The van der Waals surface area contributed by atoms with Crippen molar-refractivity contribution in [3.05, 3.63) is 100 Å². The molecule has 3 rings (SSSR count). The van der Waals surface area contributed by atoms with Crippen molar-refractivity contribution >= 4 is 6.03 Å². The number of aromatic nitrogens is 1. The first-order valence-corrected chi connectivity index (χ1v) is 10.7. The van der Waals surface area contributed by atoms with Crippen molar-refractivity contribution in [2.45, 2.75) is 30.5 Å². The van der Waals surface area contributed by atoms with Crippen LogP contribution in [0.1, 0.15) is 27.9 Å².